The molecule has 0 bridgehead atoms. The molecule has 0 aliphatic rings. The molecule has 3 aromatic rings. The Labute approximate surface area is 131 Å². The lowest BCUT2D eigenvalue weighted by molar-refractivity contribution is -0.385. The van der Waals surface area contributed by atoms with Crippen molar-refractivity contribution < 1.29 is 9.72 Å². The van der Waals surface area contributed by atoms with Crippen molar-refractivity contribution in [2.45, 2.75) is 13.3 Å². The number of fused-ring (bicyclic) bond motifs is 1. The molecular weight excluding hydrogens is 296 g/mol. The van der Waals surface area contributed by atoms with Crippen LogP contribution in [0.2, 0.25) is 0 Å². The molecule has 1 N–H and O–H groups in total. The van der Waals surface area contributed by atoms with Crippen molar-refractivity contribution in [3.05, 3.63) is 70.2 Å². The molecule has 0 saturated heterocycles. The topological polar surface area (TPSA) is 89.5 Å². The fraction of sp³-hybridized carbons (Fsp3) is 0.125. The molecule has 0 atom stereocenters. The molecule has 0 aliphatic heterocycles. The number of para-hydroxylation sites is 1. The number of aryl methyl sites for hydroxylation is 1. The van der Waals surface area contributed by atoms with Gasteiger partial charge in [0.2, 0.25) is 5.91 Å². The predicted molar refractivity (Wildman–Crippen MR) is 85.4 cm³/mol. The number of carbonyl (C=O) groups is 1. The van der Waals surface area contributed by atoms with Crippen molar-refractivity contribution in [2.24, 2.45) is 0 Å². The van der Waals surface area contributed by atoms with Crippen molar-refractivity contribution >= 4 is 22.9 Å². The highest BCUT2D eigenvalue weighted by Gasteiger charge is 2.16. The van der Waals surface area contributed by atoms with Crippen LogP contribution < -0.4 is 5.32 Å². The molecule has 2 aromatic heterocycles. The number of hydrogen-bond acceptors (Lipinski definition) is 4. The van der Waals surface area contributed by atoms with Crippen LogP contribution in [-0.2, 0) is 11.2 Å². The minimum Gasteiger partial charge on any atom is -0.324 e. The smallest absolute Gasteiger partial charge is 0.273 e. The van der Waals surface area contributed by atoms with Gasteiger partial charge in [-0.3, -0.25) is 14.9 Å². The Balaban J connectivity index is 1.82. The van der Waals surface area contributed by atoms with Crippen molar-refractivity contribution in [1.82, 2.24) is 9.38 Å². The summed E-state index contributed by atoms with van der Waals surface area (Å²) >= 11 is 0. The van der Waals surface area contributed by atoms with Gasteiger partial charge in [0.05, 0.1) is 17.0 Å². The fourth-order valence-electron chi connectivity index (χ4n) is 2.47. The van der Waals surface area contributed by atoms with E-state index < -0.39 is 4.92 Å². The number of aromatic nitrogens is 2. The average Bonchev–Trinajstić information content (AvgIpc) is 3.00. The average molecular weight is 310 g/mol. The lowest BCUT2D eigenvalue weighted by Gasteiger charge is -2.10. The summed E-state index contributed by atoms with van der Waals surface area (Å²) in [5, 5.41) is 13.8. The van der Waals surface area contributed by atoms with E-state index in [0.717, 1.165) is 11.3 Å². The van der Waals surface area contributed by atoms with Crippen LogP contribution in [0.25, 0.3) is 5.65 Å². The molecule has 116 valence electrons. The van der Waals surface area contributed by atoms with E-state index >= 15 is 0 Å². The van der Waals surface area contributed by atoms with Crippen LogP contribution in [0.5, 0.6) is 0 Å². The van der Waals surface area contributed by atoms with Gasteiger partial charge >= 0.3 is 0 Å². The van der Waals surface area contributed by atoms with Gasteiger partial charge in [0.25, 0.3) is 5.69 Å². The third kappa shape index (κ3) is 2.89. The van der Waals surface area contributed by atoms with Crippen molar-refractivity contribution in [3.63, 3.8) is 0 Å². The molecule has 2 heterocycles. The summed E-state index contributed by atoms with van der Waals surface area (Å²) in [4.78, 5) is 26.9. The number of nitrogens with zero attached hydrogens (tertiary/aromatic N) is 3. The second-order valence-corrected chi connectivity index (χ2v) is 5.10. The molecule has 1 aromatic carbocycles. The van der Waals surface area contributed by atoms with Gasteiger partial charge in [0.1, 0.15) is 5.65 Å². The maximum absolute atomic E-state index is 12.2. The molecule has 3 rings (SSSR count). The first kappa shape index (κ1) is 14.7. The number of hydrogen-bond donors (Lipinski definition) is 1. The molecule has 1 amide bonds. The molecule has 0 aliphatic carbocycles. The maximum Gasteiger partial charge on any atom is 0.273 e. The fourth-order valence-corrected chi connectivity index (χ4v) is 2.47. The summed E-state index contributed by atoms with van der Waals surface area (Å²) in [5.74, 6) is -0.304. The molecule has 7 heteroatoms. The number of anilines is 1. The Hall–Kier alpha value is -3.22. The Kier molecular flexibility index (Phi) is 3.76. The largest absolute Gasteiger partial charge is 0.324 e. The maximum atomic E-state index is 12.2. The summed E-state index contributed by atoms with van der Waals surface area (Å²) in [7, 11) is 0. The summed E-state index contributed by atoms with van der Waals surface area (Å²) in [6, 6.07) is 9.81. The van der Waals surface area contributed by atoms with Crippen LogP contribution in [0.3, 0.4) is 0 Å². The van der Waals surface area contributed by atoms with Crippen molar-refractivity contribution in [3.8, 4) is 0 Å². The summed E-state index contributed by atoms with van der Waals surface area (Å²) < 4.78 is 1.86. The highest BCUT2D eigenvalue weighted by Crippen LogP contribution is 2.20. The number of nitro groups is 1. The predicted octanol–water partition coefficient (Wildman–Crippen LogP) is 2.73. The van der Waals surface area contributed by atoms with Crippen LogP contribution in [-0.4, -0.2) is 20.2 Å². The SMILES string of the molecule is Cc1c(NC(=O)Cc2ccccc2[N+](=O)[O-])ccc2nccn12. The lowest BCUT2D eigenvalue weighted by Crippen LogP contribution is -2.16. The van der Waals surface area contributed by atoms with E-state index in [2.05, 4.69) is 10.3 Å². The molecule has 0 fully saturated rings. The van der Waals surface area contributed by atoms with E-state index in [-0.39, 0.29) is 18.0 Å². The number of rotatable bonds is 4. The van der Waals surface area contributed by atoms with E-state index in [4.69, 9.17) is 0 Å². The Morgan fingerprint density at radius 3 is 2.87 bits per heavy atom. The molecule has 0 spiro atoms. The first-order valence-electron chi connectivity index (χ1n) is 7.01. The zero-order valence-electron chi connectivity index (χ0n) is 12.4. The van der Waals surface area contributed by atoms with Gasteiger partial charge in [0, 0.05) is 29.7 Å². The van der Waals surface area contributed by atoms with Crippen LogP contribution in [0, 0.1) is 17.0 Å². The lowest BCUT2D eigenvalue weighted by atomic mass is 10.1. The monoisotopic (exact) mass is 310 g/mol. The van der Waals surface area contributed by atoms with Gasteiger partial charge in [-0.2, -0.15) is 0 Å². The summed E-state index contributed by atoms with van der Waals surface area (Å²) in [6.45, 7) is 1.87. The molecule has 0 radical (unpaired) electrons. The number of imidazole rings is 1. The third-order valence-corrected chi connectivity index (χ3v) is 3.63. The second kappa shape index (κ2) is 5.88. The first-order chi connectivity index (χ1) is 11.1. The third-order valence-electron chi connectivity index (χ3n) is 3.63. The zero-order chi connectivity index (χ0) is 16.4. The minimum atomic E-state index is -0.481. The second-order valence-electron chi connectivity index (χ2n) is 5.10. The van der Waals surface area contributed by atoms with Gasteiger partial charge in [-0.05, 0) is 19.1 Å². The van der Waals surface area contributed by atoms with E-state index in [1.165, 1.54) is 6.07 Å². The van der Waals surface area contributed by atoms with Gasteiger partial charge in [-0.25, -0.2) is 4.98 Å². The number of carbonyl (C=O) groups excluding carboxylic acids is 1. The standard InChI is InChI=1S/C16H14N4O3/c1-11-13(6-7-15-17-8-9-19(11)15)18-16(21)10-12-4-2-3-5-14(12)20(22)23/h2-9H,10H2,1H3,(H,18,21). The molecule has 0 unspecified atom stereocenters. The Morgan fingerprint density at radius 2 is 2.09 bits per heavy atom. The first-order valence-corrected chi connectivity index (χ1v) is 7.01. The normalized spacial score (nSPS) is 10.7. The van der Waals surface area contributed by atoms with Crippen LogP contribution in [0.4, 0.5) is 11.4 Å². The highest BCUT2D eigenvalue weighted by atomic mass is 16.6. The molecule has 23 heavy (non-hydrogen) atoms. The highest BCUT2D eigenvalue weighted by molar-refractivity contribution is 5.93. The summed E-state index contributed by atoms with van der Waals surface area (Å²) in [5.41, 5.74) is 2.62. The van der Waals surface area contributed by atoms with Crippen molar-refractivity contribution in [2.75, 3.05) is 5.32 Å². The summed E-state index contributed by atoms with van der Waals surface area (Å²) in [6.07, 6.45) is 3.43. The van der Waals surface area contributed by atoms with Gasteiger partial charge < -0.3 is 9.72 Å². The minimum absolute atomic E-state index is 0.0515. The van der Waals surface area contributed by atoms with E-state index in [9.17, 15) is 14.9 Å². The molecule has 7 nitrogen and oxygen atoms in total. The number of nitro benzene ring substituents is 1. The Morgan fingerprint density at radius 1 is 1.30 bits per heavy atom. The van der Waals surface area contributed by atoms with Crippen LogP contribution in [0.1, 0.15) is 11.3 Å². The number of nitrogens with one attached hydrogen (secondary N) is 1. The van der Waals surface area contributed by atoms with Crippen LogP contribution >= 0.6 is 0 Å². The number of pyridine rings is 1. The quantitative estimate of drug-likeness (QED) is 0.592. The van der Waals surface area contributed by atoms with Crippen LogP contribution in [0.15, 0.2) is 48.8 Å². The molecule has 0 saturated carbocycles. The molecular formula is C16H14N4O3. The Bertz CT molecular complexity index is 901. The van der Waals surface area contributed by atoms with E-state index in [0.29, 0.717) is 11.3 Å². The van der Waals surface area contributed by atoms with E-state index in [1.807, 2.05) is 17.5 Å². The van der Waals surface area contributed by atoms with Gasteiger partial charge in [-0.1, -0.05) is 18.2 Å². The van der Waals surface area contributed by atoms with Gasteiger partial charge in [0.15, 0.2) is 0 Å². The van der Waals surface area contributed by atoms with E-state index in [1.54, 1.807) is 36.5 Å². The van der Waals surface area contributed by atoms with Gasteiger partial charge in [-0.15, -0.1) is 0 Å². The zero-order valence-corrected chi connectivity index (χ0v) is 12.4. The van der Waals surface area contributed by atoms with Crippen molar-refractivity contribution in [1.29, 1.82) is 0 Å². The number of amides is 1. The number of benzene rings is 1.